The number of aliphatic hydroxyl groups excluding tert-OH is 1. The summed E-state index contributed by atoms with van der Waals surface area (Å²) in [7, 11) is 0. The summed E-state index contributed by atoms with van der Waals surface area (Å²) in [6.07, 6.45) is -0.399. The molecule has 0 bridgehead atoms. The van der Waals surface area contributed by atoms with Crippen LogP contribution in [0.2, 0.25) is 0 Å². The highest BCUT2D eigenvalue weighted by molar-refractivity contribution is 7.98. The topological polar surface area (TPSA) is 72.6 Å². The number of aromatic nitrogens is 1. The molecule has 180 valence electrons. The molecule has 0 unspecified atom stereocenters. The minimum Gasteiger partial charge on any atom is -0.466 e. The van der Waals surface area contributed by atoms with Crippen LogP contribution in [0, 0.1) is 6.92 Å². The van der Waals surface area contributed by atoms with Gasteiger partial charge in [0.05, 0.1) is 30.4 Å². The predicted molar refractivity (Wildman–Crippen MR) is 140 cm³/mol. The Hall–Kier alpha value is -3.35. The van der Waals surface area contributed by atoms with Crippen LogP contribution in [0.4, 0.5) is 0 Å². The van der Waals surface area contributed by atoms with Gasteiger partial charge in [-0.25, -0.2) is 0 Å². The number of ether oxygens (including phenoxy) is 1. The zero-order chi connectivity index (χ0) is 24.6. The summed E-state index contributed by atoms with van der Waals surface area (Å²) >= 11 is 1.68. The van der Waals surface area contributed by atoms with Gasteiger partial charge < -0.3 is 14.4 Å². The second-order valence-electron chi connectivity index (χ2n) is 8.28. The van der Waals surface area contributed by atoms with E-state index in [1.807, 2.05) is 73.7 Å². The van der Waals surface area contributed by atoms with Crippen molar-refractivity contribution in [1.29, 1.82) is 0 Å². The molecule has 0 spiro atoms. The van der Waals surface area contributed by atoms with Crippen molar-refractivity contribution in [3.8, 4) is 22.5 Å². The van der Waals surface area contributed by atoms with Crippen molar-refractivity contribution >= 4 is 17.7 Å². The third kappa shape index (κ3) is 6.41. The van der Waals surface area contributed by atoms with Crippen LogP contribution < -0.4 is 0 Å². The first-order chi connectivity index (χ1) is 17.0. The Labute approximate surface area is 210 Å². The number of nitrogens with zero attached hydrogens (tertiary/aromatic N) is 1. The van der Waals surface area contributed by atoms with Crippen molar-refractivity contribution in [3.05, 3.63) is 101 Å². The molecule has 5 nitrogen and oxygen atoms in total. The highest BCUT2D eigenvalue weighted by Gasteiger charge is 2.22. The van der Waals surface area contributed by atoms with Crippen molar-refractivity contribution in [2.75, 3.05) is 12.4 Å². The zero-order valence-corrected chi connectivity index (χ0v) is 20.8. The maximum atomic E-state index is 11.7. The van der Waals surface area contributed by atoms with Crippen LogP contribution in [-0.4, -0.2) is 28.6 Å². The number of hydrogen-bond donors (Lipinski definition) is 1. The third-order valence-electron chi connectivity index (χ3n) is 5.72. The number of aliphatic hydroxyl groups is 1. The van der Waals surface area contributed by atoms with Crippen LogP contribution in [0.25, 0.3) is 22.5 Å². The largest absolute Gasteiger partial charge is 0.466 e. The van der Waals surface area contributed by atoms with Crippen molar-refractivity contribution in [1.82, 2.24) is 5.16 Å². The summed E-state index contributed by atoms with van der Waals surface area (Å²) in [4.78, 5) is 11.7. The van der Waals surface area contributed by atoms with Gasteiger partial charge in [0, 0.05) is 17.1 Å². The average molecular weight is 488 g/mol. The Morgan fingerprint density at radius 3 is 2.23 bits per heavy atom. The molecule has 0 aliphatic carbocycles. The third-order valence-corrected chi connectivity index (χ3v) is 6.81. The van der Waals surface area contributed by atoms with Crippen LogP contribution in [-0.2, 0) is 21.7 Å². The normalized spacial score (nSPS) is 11.9. The summed E-state index contributed by atoms with van der Waals surface area (Å²) in [5.41, 5.74) is 6.57. The lowest BCUT2D eigenvalue weighted by Gasteiger charge is -2.12. The van der Waals surface area contributed by atoms with Crippen LogP contribution in [0.3, 0.4) is 0 Å². The molecule has 0 radical (unpaired) electrons. The maximum absolute atomic E-state index is 11.7. The van der Waals surface area contributed by atoms with Gasteiger partial charge in [-0.2, -0.15) is 11.8 Å². The lowest BCUT2D eigenvalue weighted by Crippen LogP contribution is -2.07. The van der Waals surface area contributed by atoms with E-state index in [1.165, 1.54) is 5.56 Å². The number of hydrogen-bond acceptors (Lipinski definition) is 6. The zero-order valence-electron chi connectivity index (χ0n) is 19.9. The van der Waals surface area contributed by atoms with E-state index in [0.717, 1.165) is 33.6 Å². The Kier molecular flexibility index (Phi) is 8.40. The van der Waals surface area contributed by atoms with Crippen LogP contribution in [0.1, 0.15) is 35.4 Å². The SMILES string of the molecule is CCOC(=O)Cc1ccc(-c2ccc(-c3onc(C)c3[C@H](O)CSCc3ccccc3)cc2)cc1. The fourth-order valence-electron chi connectivity index (χ4n) is 3.93. The number of esters is 1. The summed E-state index contributed by atoms with van der Waals surface area (Å²) in [6.45, 7) is 4.05. The van der Waals surface area contributed by atoms with Gasteiger partial charge in [-0.05, 0) is 36.1 Å². The van der Waals surface area contributed by atoms with Gasteiger partial charge in [0.25, 0.3) is 0 Å². The molecule has 0 saturated carbocycles. The second-order valence-corrected chi connectivity index (χ2v) is 9.31. The summed E-state index contributed by atoms with van der Waals surface area (Å²) in [6, 6.07) is 26.1. The van der Waals surface area contributed by atoms with E-state index in [0.29, 0.717) is 23.8 Å². The first-order valence-electron chi connectivity index (χ1n) is 11.7. The summed E-state index contributed by atoms with van der Waals surface area (Å²) < 4.78 is 10.6. The van der Waals surface area contributed by atoms with E-state index in [1.54, 1.807) is 18.7 Å². The standard InChI is InChI=1S/C29H29NO4S/c1-3-33-27(32)17-21-9-11-23(12-10-21)24-13-15-25(16-14-24)29-28(20(2)30-34-29)26(31)19-35-18-22-7-5-4-6-8-22/h4-16,26,31H,3,17-19H2,1-2H3/t26-/m1/s1. The molecule has 6 heteroatoms. The van der Waals surface area contributed by atoms with E-state index < -0.39 is 6.10 Å². The summed E-state index contributed by atoms with van der Waals surface area (Å²) in [5.74, 6) is 1.78. The lowest BCUT2D eigenvalue weighted by atomic mass is 9.99. The first-order valence-corrected chi connectivity index (χ1v) is 12.8. The second kappa shape index (κ2) is 11.9. The molecule has 0 fully saturated rings. The maximum Gasteiger partial charge on any atom is 0.310 e. The van der Waals surface area contributed by atoms with Crippen molar-refractivity contribution in [2.45, 2.75) is 32.1 Å². The Morgan fingerprint density at radius 1 is 0.943 bits per heavy atom. The molecule has 1 aromatic heterocycles. The van der Waals surface area contributed by atoms with Gasteiger partial charge in [0.1, 0.15) is 0 Å². The molecule has 4 rings (SSSR count). The molecule has 35 heavy (non-hydrogen) atoms. The molecule has 0 aliphatic rings. The van der Waals surface area contributed by atoms with Crippen LogP contribution >= 0.6 is 11.8 Å². The number of thioether (sulfide) groups is 1. The molecular weight excluding hydrogens is 458 g/mol. The van der Waals surface area contributed by atoms with E-state index in [2.05, 4.69) is 17.3 Å². The molecule has 0 aliphatic heterocycles. The van der Waals surface area contributed by atoms with Gasteiger partial charge in [-0.3, -0.25) is 4.79 Å². The highest BCUT2D eigenvalue weighted by atomic mass is 32.2. The highest BCUT2D eigenvalue weighted by Crippen LogP contribution is 2.34. The number of carbonyl (C=O) groups is 1. The molecule has 1 N–H and O–H groups in total. The Bertz CT molecular complexity index is 1230. The molecular formula is C29H29NO4S. The van der Waals surface area contributed by atoms with E-state index in [9.17, 15) is 9.90 Å². The van der Waals surface area contributed by atoms with Gasteiger partial charge >= 0.3 is 5.97 Å². The first kappa shape index (κ1) is 24.8. The van der Waals surface area contributed by atoms with E-state index >= 15 is 0 Å². The quantitative estimate of drug-likeness (QED) is 0.261. The molecule has 1 heterocycles. The van der Waals surface area contributed by atoms with Gasteiger partial charge in [-0.15, -0.1) is 0 Å². The Balaban J connectivity index is 1.43. The summed E-state index contributed by atoms with van der Waals surface area (Å²) in [5, 5.41) is 15.0. The molecule has 0 amide bonds. The fourth-order valence-corrected chi connectivity index (χ4v) is 4.87. The number of aryl methyl sites for hydroxylation is 1. The van der Waals surface area contributed by atoms with Crippen molar-refractivity contribution in [2.24, 2.45) is 0 Å². The minimum atomic E-state index is -0.670. The lowest BCUT2D eigenvalue weighted by molar-refractivity contribution is -0.142. The monoisotopic (exact) mass is 487 g/mol. The van der Waals surface area contributed by atoms with Gasteiger partial charge in [0.2, 0.25) is 0 Å². The smallest absolute Gasteiger partial charge is 0.310 e. The van der Waals surface area contributed by atoms with E-state index in [-0.39, 0.29) is 12.4 Å². The van der Waals surface area contributed by atoms with Crippen molar-refractivity contribution < 1.29 is 19.2 Å². The number of rotatable bonds is 10. The number of carbonyl (C=O) groups excluding carboxylic acids is 1. The number of benzene rings is 3. The molecule has 0 saturated heterocycles. The molecule has 4 aromatic rings. The van der Waals surface area contributed by atoms with E-state index in [4.69, 9.17) is 9.26 Å². The van der Waals surface area contributed by atoms with Crippen molar-refractivity contribution in [3.63, 3.8) is 0 Å². The minimum absolute atomic E-state index is 0.219. The van der Waals surface area contributed by atoms with Crippen LogP contribution in [0.5, 0.6) is 0 Å². The van der Waals surface area contributed by atoms with Gasteiger partial charge in [0.15, 0.2) is 5.76 Å². The Morgan fingerprint density at radius 2 is 1.57 bits per heavy atom. The van der Waals surface area contributed by atoms with Crippen LogP contribution in [0.15, 0.2) is 83.4 Å². The average Bonchev–Trinajstić information content (AvgIpc) is 3.27. The molecule has 3 aromatic carbocycles. The van der Waals surface area contributed by atoms with Gasteiger partial charge in [-0.1, -0.05) is 84.0 Å². The predicted octanol–water partition coefficient (Wildman–Crippen LogP) is 6.39. The molecule has 1 atom stereocenters. The fraction of sp³-hybridized carbons (Fsp3) is 0.241.